The number of nitrogens with zero attached hydrogens (tertiary/aromatic N) is 3. The molecule has 1 aliphatic heterocycles. The fraction of sp³-hybridized carbons (Fsp3) is 0.444. The molecule has 4 nitrogen and oxygen atoms in total. The van der Waals surface area contributed by atoms with Crippen molar-refractivity contribution >= 4 is 28.5 Å². The maximum Gasteiger partial charge on any atom is 0.223 e. The fourth-order valence-corrected chi connectivity index (χ4v) is 3.82. The summed E-state index contributed by atoms with van der Waals surface area (Å²) in [5.74, 6) is 0.245. The average Bonchev–Trinajstić information content (AvgIpc) is 2.97. The van der Waals surface area contributed by atoms with E-state index in [1.165, 1.54) is 16.7 Å². The second-order valence-electron chi connectivity index (χ2n) is 7.02. The third-order valence-electron chi connectivity index (χ3n) is 4.51. The minimum absolute atomic E-state index is 0.0508. The number of amides is 1. The lowest BCUT2D eigenvalue weighted by Crippen LogP contribution is -2.29. The molecule has 23 heavy (non-hydrogen) atoms. The molecule has 1 aliphatic rings. The van der Waals surface area contributed by atoms with Crippen molar-refractivity contribution in [1.29, 1.82) is 0 Å². The summed E-state index contributed by atoms with van der Waals surface area (Å²) in [5.41, 5.74) is 3.71. The molecular formula is C18H22IN3O. The molecule has 1 aromatic carbocycles. The van der Waals surface area contributed by atoms with Gasteiger partial charge in [-0.15, -0.1) is 0 Å². The van der Waals surface area contributed by atoms with Gasteiger partial charge in [-0.05, 0) is 47.6 Å². The Morgan fingerprint density at radius 1 is 1.35 bits per heavy atom. The van der Waals surface area contributed by atoms with Gasteiger partial charge in [0.25, 0.3) is 0 Å². The van der Waals surface area contributed by atoms with Crippen LogP contribution in [-0.4, -0.2) is 27.1 Å². The first-order chi connectivity index (χ1) is 10.8. The molecule has 1 unspecified atom stereocenters. The summed E-state index contributed by atoms with van der Waals surface area (Å²) in [4.78, 5) is 14.5. The molecule has 0 radical (unpaired) electrons. The Hall–Kier alpha value is -1.37. The molecule has 122 valence electrons. The largest absolute Gasteiger partial charge is 0.338 e. The van der Waals surface area contributed by atoms with Crippen LogP contribution in [0.25, 0.3) is 0 Å². The second kappa shape index (κ2) is 6.26. The van der Waals surface area contributed by atoms with Crippen LogP contribution < -0.4 is 0 Å². The molecule has 1 fully saturated rings. The van der Waals surface area contributed by atoms with Gasteiger partial charge in [-0.3, -0.25) is 9.48 Å². The van der Waals surface area contributed by atoms with E-state index < -0.39 is 0 Å². The predicted molar refractivity (Wildman–Crippen MR) is 99.0 cm³/mol. The highest BCUT2D eigenvalue weighted by atomic mass is 127. The molecule has 1 amide bonds. The van der Waals surface area contributed by atoms with Crippen molar-refractivity contribution in [1.82, 2.24) is 14.7 Å². The van der Waals surface area contributed by atoms with E-state index in [-0.39, 0.29) is 11.3 Å². The summed E-state index contributed by atoms with van der Waals surface area (Å²) in [5, 5.41) is 4.36. The van der Waals surface area contributed by atoms with Crippen LogP contribution in [0.15, 0.2) is 30.6 Å². The molecule has 0 aliphatic carbocycles. The van der Waals surface area contributed by atoms with Crippen LogP contribution in [0.2, 0.25) is 0 Å². The second-order valence-corrected chi connectivity index (χ2v) is 8.27. The van der Waals surface area contributed by atoms with Gasteiger partial charge in [0.05, 0.1) is 9.77 Å². The maximum absolute atomic E-state index is 12.5. The summed E-state index contributed by atoms with van der Waals surface area (Å²) in [6.07, 6.45) is 4.48. The Bertz CT molecular complexity index is 740. The zero-order valence-electron chi connectivity index (χ0n) is 13.8. The van der Waals surface area contributed by atoms with Gasteiger partial charge in [-0.1, -0.05) is 30.7 Å². The molecule has 0 saturated carbocycles. The van der Waals surface area contributed by atoms with Gasteiger partial charge < -0.3 is 4.90 Å². The molecule has 1 saturated heterocycles. The molecule has 1 atom stereocenters. The highest BCUT2D eigenvalue weighted by Crippen LogP contribution is 2.33. The highest BCUT2D eigenvalue weighted by Gasteiger charge is 2.39. The van der Waals surface area contributed by atoms with Crippen molar-refractivity contribution in [3.05, 3.63) is 50.9 Å². The number of benzene rings is 1. The van der Waals surface area contributed by atoms with Crippen molar-refractivity contribution < 1.29 is 4.79 Å². The molecular weight excluding hydrogens is 401 g/mol. The Balaban J connectivity index is 1.71. The van der Waals surface area contributed by atoms with Crippen molar-refractivity contribution in [2.45, 2.75) is 40.3 Å². The monoisotopic (exact) mass is 423 g/mol. The van der Waals surface area contributed by atoms with E-state index in [2.05, 4.69) is 66.7 Å². The van der Waals surface area contributed by atoms with E-state index in [1.807, 2.05) is 22.0 Å². The molecule has 2 aromatic rings. The van der Waals surface area contributed by atoms with Gasteiger partial charge >= 0.3 is 0 Å². The van der Waals surface area contributed by atoms with E-state index in [1.54, 1.807) is 0 Å². The highest BCUT2D eigenvalue weighted by molar-refractivity contribution is 14.1. The van der Waals surface area contributed by atoms with Gasteiger partial charge in [0.1, 0.15) is 0 Å². The summed E-state index contributed by atoms with van der Waals surface area (Å²) in [6.45, 7) is 8.67. The molecule has 0 bridgehead atoms. The third kappa shape index (κ3) is 3.76. The number of aryl methyl sites for hydroxylation is 2. The molecule has 0 spiro atoms. The molecule has 1 aromatic heterocycles. The van der Waals surface area contributed by atoms with E-state index in [0.717, 1.165) is 16.7 Å². The summed E-state index contributed by atoms with van der Waals surface area (Å²) < 4.78 is 3.08. The summed E-state index contributed by atoms with van der Waals surface area (Å²) in [7, 11) is 0. The van der Waals surface area contributed by atoms with Crippen molar-refractivity contribution in [2.75, 3.05) is 6.54 Å². The van der Waals surface area contributed by atoms with Crippen LogP contribution in [0.5, 0.6) is 0 Å². The first-order valence-corrected chi connectivity index (χ1v) is 8.94. The number of carbonyl (C=O) groups is 1. The molecule has 5 heteroatoms. The lowest BCUT2D eigenvalue weighted by Gasteiger charge is -2.24. The minimum Gasteiger partial charge on any atom is -0.338 e. The van der Waals surface area contributed by atoms with Gasteiger partial charge in [-0.2, -0.15) is 5.10 Å². The minimum atomic E-state index is -0.0508. The Kier molecular flexibility index (Phi) is 4.49. The van der Waals surface area contributed by atoms with Gasteiger partial charge in [0.2, 0.25) is 5.91 Å². The summed E-state index contributed by atoms with van der Waals surface area (Å²) >= 11 is 2.26. The van der Waals surface area contributed by atoms with Crippen LogP contribution >= 0.6 is 22.6 Å². The topological polar surface area (TPSA) is 38.1 Å². The van der Waals surface area contributed by atoms with Gasteiger partial charge in [0, 0.05) is 37.7 Å². The van der Waals surface area contributed by atoms with Crippen LogP contribution in [-0.2, 0) is 17.9 Å². The smallest absolute Gasteiger partial charge is 0.223 e. The number of likely N-dealkylation sites (tertiary alicyclic amines) is 1. The number of halogens is 1. The summed E-state index contributed by atoms with van der Waals surface area (Å²) in [6, 6.07) is 6.44. The first-order valence-electron chi connectivity index (χ1n) is 7.86. The van der Waals surface area contributed by atoms with Crippen LogP contribution in [0, 0.1) is 22.8 Å². The fourth-order valence-electron chi connectivity index (χ4n) is 3.38. The number of hydrogen-bond acceptors (Lipinski definition) is 2. The normalized spacial score (nSPS) is 21.2. The van der Waals surface area contributed by atoms with E-state index in [4.69, 9.17) is 0 Å². The Morgan fingerprint density at radius 2 is 2.13 bits per heavy atom. The van der Waals surface area contributed by atoms with Gasteiger partial charge in [-0.25, -0.2) is 0 Å². The Morgan fingerprint density at radius 3 is 2.78 bits per heavy atom. The SMILES string of the molecule is Cc1ccc(CN2CC(C)(Cn3cc(I)cn3)CC2=O)c(C)c1. The third-order valence-corrected chi connectivity index (χ3v) is 5.07. The van der Waals surface area contributed by atoms with Crippen molar-refractivity contribution in [2.24, 2.45) is 5.41 Å². The number of aromatic nitrogens is 2. The number of hydrogen-bond donors (Lipinski definition) is 0. The van der Waals surface area contributed by atoms with Gasteiger partial charge in [0.15, 0.2) is 0 Å². The van der Waals surface area contributed by atoms with Crippen molar-refractivity contribution in [3.8, 4) is 0 Å². The van der Waals surface area contributed by atoms with E-state index >= 15 is 0 Å². The molecule has 2 heterocycles. The van der Waals surface area contributed by atoms with Crippen molar-refractivity contribution in [3.63, 3.8) is 0 Å². The van der Waals surface area contributed by atoms with E-state index in [9.17, 15) is 4.79 Å². The van der Waals surface area contributed by atoms with E-state index in [0.29, 0.717) is 13.0 Å². The predicted octanol–water partition coefficient (Wildman–Crippen LogP) is 3.54. The lowest BCUT2D eigenvalue weighted by molar-refractivity contribution is -0.128. The standard InChI is InChI=1S/C18H22IN3O/c1-13-4-5-15(14(2)6-13)9-21-11-18(3,7-17(21)23)12-22-10-16(19)8-20-22/h4-6,8,10H,7,9,11-12H2,1-3H3. The van der Waals surface area contributed by atoms with Crippen LogP contribution in [0.1, 0.15) is 30.0 Å². The molecule has 3 rings (SSSR count). The Labute approximate surface area is 151 Å². The quantitative estimate of drug-likeness (QED) is 0.706. The number of carbonyl (C=O) groups excluding carboxylic acids is 1. The average molecular weight is 423 g/mol. The zero-order valence-corrected chi connectivity index (χ0v) is 16.0. The molecule has 0 N–H and O–H groups in total. The number of rotatable bonds is 4. The first kappa shape index (κ1) is 16.5. The lowest BCUT2D eigenvalue weighted by atomic mass is 9.90. The van der Waals surface area contributed by atoms with Crippen LogP contribution in [0.4, 0.5) is 0 Å². The zero-order chi connectivity index (χ0) is 16.6. The maximum atomic E-state index is 12.5. The van der Waals surface area contributed by atoms with Crippen LogP contribution in [0.3, 0.4) is 0 Å².